The van der Waals surface area contributed by atoms with E-state index >= 15 is 0 Å². The summed E-state index contributed by atoms with van der Waals surface area (Å²) >= 11 is 6.92. The van der Waals surface area contributed by atoms with Gasteiger partial charge in [0.2, 0.25) is 0 Å². The van der Waals surface area contributed by atoms with E-state index in [1.807, 2.05) is 42.5 Å². The van der Waals surface area contributed by atoms with E-state index in [0.29, 0.717) is 10.5 Å². The molecular weight excluding hydrogens is 385 g/mol. The summed E-state index contributed by atoms with van der Waals surface area (Å²) in [6, 6.07) is 17.6. The molecule has 0 spiro atoms. The van der Waals surface area contributed by atoms with Gasteiger partial charge in [-0.05, 0) is 51.9 Å². The molecule has 0 aliphatic carbocycles. The van der Waals surface area contributed by atoms with E-state index in [0.717, 1.165) is 33.0 Å². The molecule has 0 bridgehead atoms. The first-order chi connectivity index (χ1) is 13.0. The number of thioether (sulfide) groups is 1. The van der Waals surface area contributed by atoms with Gasteiger partial charge in [-0.2, -0.15) is 0 Å². The third kappa shape index (κ3) is 3.48. The molecule has 134 valence electrons. The Morgan fingerprint density at radius 2 is 1.81 bits per heavy atom. The zero-order valence-corrected chi connectivity index (χ0v) is 15.6. The van der Waals surface area contributed by atoms with Gasteiger partial charge >= 0.3 is 0 Å². The number of benzene rings is 3. The second kappa shape index (κ2) is 7.18. The van der Waals surface area contributed by atoms with Crippen molar-refractivity contribution in [2.24, 2.45) is 0 Å². The summed E-state index contributed by atoms with van der Waals surface area (Å²) in [6.45, 7) is 0.0106. The van der Waals surface area contributed by atoms with Crippen LogP contribution in [0.2, 0.25) is 5.02 Å². The SMILES string of the molecule is O=C1S/C(=C/c2cccc3ccccc23)C(=O)N1Cc1ccc(F)cc1Cl. The van der Waals surface area contributed by atoms with Crippen molar-refractivity contribution >= 4 is 51.4 Å². The van der Waals surface area contributed by atoms with E-state index in [4.69, 9.17) is 11.6 Å². The molecule has 0 unspecified atom stereocenters. The largest absolute Gasteiger partial charge is 0.293 e. The lowest BCUT2D eigenvalue weighted by atomic mass is 10.0. The molecule has 0 atom stereocenters. The Bertz CT molecular complexity index is 1110. The molecule has 1 fully saturated rings. The van der Waals surface area contributed by atoms with Crippen LogP contribution in [0.1, 0.15) is 11.1 Å². The molecule has 3 aromatic rings. The maximum Gasteiger partial charge on any atom is 0.293 e. The fourth-order valence-electron chi connectivity index (χ4n) is 2.97. The van der Waals surface area contributed by atoms with Crippen LogP contribution in [0, 0.1) is 5.82 Å². The van der Waals surface area contributed by atoms with Gasteiger partial charge < -0.3 is 0 Å². The van der Waals surface area contributed by atoms with Crippen molar-refractivity contribution in [3.05, 3.63) is 87.5 Å². The molecule has 3 aromatic carbocycles. The van der Waals surface area contributed by atoms with Gasteiger partial charge in [-0.3, -0.25) is 14.5 Å². The van der Waals surface area contributed by atoms with Crippen LogP contribution in [0.5, 0.6) is 0 Å². The summed E-state index contributed by atoms with van der Waals surface area (Å²) < 4.78 is 13.2. The summed E-state index contributed by atoms with van der Waals surface area (Å²) in [4.78, 5) is 26.6. The molecule has 2 amide bonds. The van der Waals surface area contributed by atoms with Crippen molar-refractivity contribution in [1.29, 1.82) is 0 Å². The maximum atomic E-state index is 13.2. The van der Waals surface area contributed by atoms with Crippen molar-refractivity contribution in [2.75, 3.05) is 0 Å². The van der Waals surface area contributed by atoms with Crippen LogP contribution >= 0.6 is 23.4 Å². The number of amides is 2. The quantitative estimate of drug-likeness (QED) is 0.519. The summed E-state index contributed by atoms with van der Waals surface area (Å²) in [6.07, 6.45) is 1.74. The van der Waals surface area contributed by atoms with Crippen molar-refractivity contribution < 1.29 is 14.0 Å². The Kier molecular flexibility index (Phi) is 4.72. The number of nitrogens with zero attached hydrogens (tertiary/aromatic N) is 1. The highest BCUT2D eigenvalue weighted by atomic mass is 35.5. The molecule has 0 saturated carbocycles. The van der Waals surface area contributed by atoms with Crippen molar-refractivity contribution in [3.63, 3.8) is 0 Å². The summed E-state index contributed by atoms with van der Waals surface area (Å²) in [5.41, 5.74) is 1.39. The van der Waals surface area contributed by atoms with Crippen LogP contribution in [-0.4, -0.2) is 16.0 Å². The Morgan fingerprint density at radius 3 is 2.63 bits per heavy atom. The topological polar surface area (TPSA) is 37.4 Å². The third-order valence-electron chi connectivity index (χ3n) is 4.33. The molecule has 27 heavy (non-hydrogen) atoms. The molecule has 0 radical (unpaired) electrons. The molecule has 0 aromatic heterocycles. The highest BCUT2D eigenvalue weighted by Crippen LogP contribution is 2.35. The highest BCUT2D eigenvalue weighted by molar-refractivity contribution is 8.18. The minimum atomic E-state index is -0.464. The standard InChI is InChI=1S/C21H13ClFNO2S/c22-18-11-16(23)9-8-15(18)12-24-20(25)19(27-21(24)26)10-14-6-3-5-13-4-1-2-7-17(13)14/h1-11H,12H2/b19-10+. The van der Waals surface area contributed by atoms with Gasteiger partial charge in [0.05, 0.1) is 11.4 Å². The van der Waals surface area contributed by atoms with Crippen molar-refractivity contribution in [1.82, 2.24) is 4.90 Å². The van der Waals surface area contributed by atoms with Gasteiger partial charge in [-0.1, -0.05) is 60.1 Å². The lowest BCUT2D eigenvalue weighted by molar-refractivity contribution is -0.123. The normalized spacial score (nSPS) is 15.9. The lowest BCUT2D eigenvalue weighted by Crippen LogP contribution is -2.27. The van der Waals surface area contributed by atoms with Crippen LogP contribution < -0.4 is 0 Å². The molecule has 1 aliphatic heterocycles. The Labute approximate surface area is 164 Å². The molecule has 6 heteroatoms. The number of carbonyl (C=O) groups excluding carboxylic acids is 2. The Hall–Kier alpha value is -2.63. The number of hydrogen-bond acceptors (Lipinski definition) is 3. The first kappa shape index (κ1) is 17.8. The second-order valence-corrected chi connectivity index (χ2v) is 7.47. The van der Waals surface area contributed by atoms with Gasteiger partial charge in [0.1, 0.15) is 5.82 Å². The predicted octanol–water partition coefficient (Wildman–Crippen LogP) is 5.87. The first-order valence-corrected chi connectivity index (χ1v) is 9.39. The molecule has 4 rings (SSSR count). The summed E-state index contributed by atoms with van der Waals surface area (Å²) in [5.74, 6) is -0.841. The highest BCUT2D eigenvalue weighted by Gasteiger charge is 2.35. The molecule has 1 saturated heterocycles. The predicted molar refractivity (Wildman–Crippen MR) is 107 cm³/mol. The maximum absolute atomic E-state index is 13.2. The average molecular weight is 398 g/mol. The van der Waals surface area contributed by atoms with Crippen LogP contribution in [0.3, 0.4) is 0 Å². The summed E-state index contributed by atoms with van der Waals surface area (Å²) in [7, 11) is 0. The number of rotatable bonds is 3. The van der Waals surface area contributed by atoms with Gasteiger partial charge in [0.25, 0.3) is 11.1 Å². The molecule has 1 aliphatic rings. The van der Waals surface area contributed by atoms with Gasteiger partial charge in [0, 0.05) is 5.02 Å². The van der Waals surface area contributed by atoms with E-state index < -0.39 is 5.82 Å². The zero-order chi connectivity index (χ0) is 19.0. The van der Waals surface area contributed by atoms with Crippen molar-refractivity contribution in [2.45, 2.75) is 6.54 Å². The summed E-state index contributed by atoms with van der Waals surface area (Å²) in [5, 5.41) is 1.89. The minimum absolute atomic E-state index is 0.0106. The number of carbonyl (C=O) groups is 2. The fourth-order valence-corrected chi connectivity index (χ4v) is 4.03. The molecular formula is C21H13ClFNO2S. The van der Waals surface area contributed by atoms with Crippen LogP contribution in [0.15, 0.2) is 65.6 Å². The number of fused-ring (bicyclic) bond motifs is 1. The molecule has 0 N–H and O–H groups in total. The van der Waals surface area contributed by atoms with Crippen LogP contribution in [-0.2, 0) is 11.3 Å². The van der Waals surface area contributed by atoms with Gasteiger partial charge in [0.15, 0.2) is 0 Å². The van der Waals surface area contributed by atoms with E-state index in [1.165, 1.54) is 18.2 Å². The van der Waals surface area contributed by atoms with Gasteiger partial charge in [-0.25, -0.2) is 4.39 Å². The first-order valence-electron chi connectivity index (χ1n) is 8.20. The average Bonchev–Trinajstić information content (AvgIpc) is 2.91. The number of hydrogen-bond donors (Lipinski definition) is 0. The van der Waals surface area contributed by atoms with E-state index in [9.17, 15) is 14.0 Å². The lowest BCUT2D eigenvalue weighted by Gasteiger charge is -2.13. The Morgan fingerprint density at radius 1 is 1.04 bits per heavy atom. The minimum Gasteiger partial charge on any atom is -0.268 e. The van der Waals surface area contributed by atoms with E-state index in [-0.39, 0.29) is 22.7 Å². The van der Waals surface area contributed by atoms with Gasteiger partial charge in [-0.15, -0.1) is 0 Å². The molecule has 1 heterocycles. The van der Waals surface area contributed by atoms with E-state index in [2.05, 4.69) is 0 Å². The monoisotopic (exact) mass is 397 g/mol. The second-order valence-electron chi connectivity index (χ2n) is 6.07. The number of halogens is 2. The number of imide groups is 1. The molecule has 3 nitrogen and oxygen atoms in total. The zero-order valence-electron chi connectivity index (χ0n) is 14.0. The smallest absolute Gasteiger partial charge is 0.268 e. The van der Waals surface area contributed by atoms with Crippen molar-refractivity contribution in [3.8, 4) is 0 Å². The van der Waals surface area contributed by atoms with E-state index in [1.54, 1.807) is 6.08 Å². The van der Waals surface area contributed by atoms with Crippen LogP contribution in [0.4, 0.5) is 9.18 Å². The fraction of sp³-hybridized carbons (Fsp3) is 0.0476. The third-order valence-corrected chi connectivity index (χ3v) is 5.59. The Balaban J connectivity index is 1.65. The van der Waals surface area contributed by atoms with Crippen LogP contribution in [0.25, 0.3) is 16.8 Å².